The molecule has 2 atom stereocenters. The monoisotopic (exact) mass is 243 g/mol. The zero-order chi connectivity index (χ0) is 12.7. The highest BCUT2D eigenvalue weighted by molar-refractivity contribution is 4.77. The lowest BCUT2D eigenvalue weighted by Gasteiger charge is -2.25. The van der Waals surface area contributed by atoms with Gasteiger partial charge < -0.3 is 20.2 Å². The molecule has 17 heavy (non-hydrogen) atoms. The standard InChI is InChI=1S/C13H29N3O/c1-4-6-14-13(11-17)10-16(3)9-12-5-7-15(2)8-12/h12-14,17H,4-11H2,1-3H3. The van der Waals surface area contributed by atoms with Gasteiger partial charge in [-0.05, 0) is 45.9 Å². The van der Waals surface area contributed by atoms with Crippen molar-refractivity contribution in [2.45, 2.75) is 25.8 Å². The van der Waals surface area contributed by atoms with Crippen LogP contribution in [0.5, 0.6) is 0 Å². The van der Waals surface area contributed by atoms with E-state index in [1.807, 2.05) is 0 Å². The fraction of sp³-hybridized carbons (Fsp3) is 1.00. The molecule has 0 radical (unpaired) electrons. The van der Waals surface area contributed by atoms with E-state index in [-0.39, 0.29) is 12.6 Å². The predicted octanol–water partition coefficient (Wildman–Crippen LogP) is 0.230. The molecule has 4 nitrogen and oxygen atoms in total. The van der Waals surface area contributed by atoms with Crippen LogP contribution in [0.15, 0.2) is 0 Å². The highest BCUT2D eigenvalue weighted by Crippen LogP contribution is 2.15. The Hall–Kier alpha value is -0.160. The Bertz CT molecular complexity index is 201. The predicted molar refractivity (Wildman–Crippen MR) is 72.3 cm³/mol. The van der Waals surface area contributed by atoms with Crippen molar-refractivity contribution in [3.8, 4) is 0 Å². The number of nitrogens with one attached hydrogen (secondary N) is 1. The molecule has 2 N–H and O–H groups in total. The van der Waals surface area contributed by atoms with Gasteiger partial charge in [-0.1, -0.05) is 6.92 Å². The van der Waals surface area contributed by atoms with E-state index in [4.69, 9.17) is 0 Å². The first kappa shape index (κ1) is 14.9. The van der Waals surface area contributed by atoms with E-state index in [0.29, 0.717) is 0 Å². The van der Waals surface area contributed by atoms with E-state index >= 15 is 0 Å². The minimum Gasteiger partial charge on any atom is -0.395 e. The van der Waals surface area contributed by atoms with Gasteiger partial charge in [0.05, 0.1) is 6.61 Å². The SMILES string of the molecule is CCCNC(CO)CN(C)CC1CCN(C)C1. The van der Waals surface area contributed by atoms with Gasteiger partial charge in [0.15, 0.2) is 0 Å². The summed E-state index contributed by atoms with van der Waals surface area (Å²) < 4.78 is 0. The number of rotatable bonds is 8. The Morgan fingerprint density at radius 1 is 1.53 bits per heavy atom. The van der Waals surface area contributed by atoms with Crippen LogP contribution < -0.4 is 5.32 Å². The molecule has 0 saturated carbocycles. The van der Waals surface area contributed by atoms with Crippen molar-refractivity contribution in [1.29, 1.82) is 0 Å². The molecule has 2 unspecified atom stereocenters. The molecule has 1 aliphatic rings. The molecule has 1 saturated heterocycles. The molecular weight excluding hydrogens is 214 g/mol. The van der Waals surface area contributed by atoms with Crippen LogP contribution >= 0.6 is 0 Å². The minimum absolute atomic E-state index is 0.221. The lowest BCUT2D eigenvalue weighted by Crippen LogP contribution is -2.43. The van der Waals surface area contributed by atoms with Crippen LogP contribution in [0.3, 0.4) is 0 Å². The second-order valence-electron chi connectivity index (χ2n) is 5.47. The molecule has 0 aromatic heterocycles. The number of hydrogen-bond donors (Lipinski definition) is 2. The first-order chi connectivity index (χ1) is 8.15. The van der Waals surface area contributed by atoms with Crippen molar-refractivity contribution in [3.63, 3.8) is 0 Å². The molecule has 0 amide bonds. The molecular formula is C13H29N3O. The molecule has 1 aliphatic heterocycles. The molecule has 0 aromatic carbocycles. The van der Waals surface area contributed by atoms with Gasteiger partial charge in [-0.2, -0.15) is 0 Å². The second-order valence-corrected chi connectivity index (χ2v) is 5.47. The van der Waals surface area contributed by atoms with Crippen LogP contribution in [0, 0.1) is 5.92 Å². The van der Waals surface area contributed by atoms with E-state index in [9.17, 15) is 5.11 Å². The maximum absolute atomic E-state index is 9.31. The molecule has 1 fully saturated rings. The zero-order valence-corrected chi connectivity index (χ0v) is 11.7. The number of nitrogens with zero attached hydrogens (tertiary/aromatic N) is 2. The van der Waals surface area contributed by atoms with Crippen LogP contribution in [0.25, 0.3) is 0 Å². The van der Waals surface area contributed by atoms with E-state index in [1.165, 1.54) is 19.5 Å². The van der Waals surface area contributed by atoms with Crippen LogP contribution in [-0.2, 0) is 0 Å². The molecule has 0 spiro atoms. The fourth-order valence-electron chi connectivity index (χ4n) is 2.60. The smallest absolute Gasteiger partial charge is 0.0597 e. The fourth-order valence-corrected chi connectivity index (χ4v) is 2.60. The van der Waals surface area contributed by atoms with Gasteiger partial charge in [-0.15, -0.1) is 0 Å². The number of hydrogen-bond acceptors (Lipinski definition) is 4. The van der Waals surface area contributed by atoms with Crippen molar-refractivity contribution < 1.29 is 5.11 Å². The van der Waals surface area contributed by atoms with Crippen LogP contribution in [-0.4, -0.2) is 74.4 Å². The van der Waals surface area contributed by atoms with E-state index in [1.54, 1.807) is 0 Å². The zero-order valence-electron chi connectivity index (χ0n) is 11.7. The number of likely N-dealkylation sites (tertiary alicyclic amines) is 1. The Balaban J connectivity index is 2.19. The highest BCUT2D eigenvalue weighted by Gasteiger charge is 2.21. The van der Waals surface area contributed by atoms with Crippen molar-refractivity contribution in [1.82, 2.24) is 15.1 Å². The van der Waals surface area contributed by atoms with Gasteiger partial charge in [0, 0.05) is 25.7 Å². The van der Waals surface area contributed by atoms with E-state index < -0.39 is 0 Å². The number of aliphatic hydroxyl groups is 1. The summed E-state index contributed by atoms with van der Waals surface area (Å²) in [6.45, 7) is 7.91. The summed E-state index contributed by atoms with van der Waals surface area (Å²) in [5.74, 6) is 0.801. The summed E-state index contributed by atoms with van der Waals surface area (Å²) >= 11 is 0. The van der Waals surface area contributed by atoms with Gasteiger partial charge in [0.25, 0.3) is 0 Å². The molecule has 0 aromatic rings. The third-order valence-electron chi connectivity index (χ3n) is 3.49. The summed E-state index contributed by atoms with van der Waals surface area (Å²) in [6.07, 6.45) is 2.43. The first-order valence-corrected chi connectivity index (χ1v) is 6.87. The first-order valence-electron chi connectivity index (χ1n) is 6.87. The number of aliphatic hydroxyl groups excluding tert-OH is 1. The van der Waals surface area contributed by atoms with Crippen LogP contribution in [0.2, 0.25) is 0 Å². The summed E-state index contributed by atoms with van der Waals surface area (Å²) in [5.41, 5.74) is 0. The number of likely N-dealkylation sites (N-methyl/N-ethyl adjacent to an activating group) is 1. The minimum atomic E-state index is 0.221. The van der Waals surface area contributed by atoms with Gasteiger partial charge in [0.1, 0.15) is 0 Å². The summed E-state index contributed by atoms with van der Waals surface area (Å²) in [7, 11) is 4.36. The van der Waals surface area contributed by atoms with Gasteiger partial charge in [-0.25, -0.2) is 0 Å². The van der Waals surface area contributed by atoms with Gasteiger partial charge >= 0.3 is 0 Å². The Morgan fingerprint density at radius 3 is 2.82 bits per heavy atom. The topological polar surface area (TPSA) is 38.7 Å². The molecule has 1 rings (SSSR count). The van der Waals surface area contributed by atoms with Crippen LogP contribution in [0.4, 0.5) is 0 Å². The van der Waals surface area contributed by atoms with Gasteiger partial charge in [0.2, 0.25) is 0 Å². The van der Waals surface area contributed by atoms with Crippen molar-refractivity contribution >= 4 is 0 Å². The van der Waals surface area contributed by atoms with Crippen LogP contribution in [0.1, 0.15) is 19.8 Å². The average Bonchev–Trinajstić information content (AvgIpc) is 2.69. The summed E-state index contributed by atoms with van der Waals surface area (Å²) in [6, 6.07) is 0.221. The Kier molecular flexibility index (Phi) is 7.04. The maximum Gasteiger partial charge on any atom is 0.0597 e. The molecule has 0 aliphatic carbocycles. The average molecular weight is 243 g/mol. The van der Waals surface area contributed by atoms with E-state index in [0.717, 1.165) is 32.0 Å². The Morgan fingerprint density at radius 2 is 2.29 bits per heavy atom. The quantitative estimate of drug-likeness (QED) is 0.640. The normalized spacial score (nSPS) is 23.5. The summed E-state index contributed by atoms with van der Waals surface area (Å²) in [5, 5.41) is 12.7. The lowest BCUT2D eigenvalue weighted by atomic mass is 10.1. The van der Waals surface area contributed by atoms with Crippen molar-refractivity contribution in [2.75, 3.05) is 53.4 Å². The summed E-state index contributed by atoms with van der Waals surface area (Å²) in [4.78, 5) is 4.75. The Labute approximate surface area is 106 Å². The molecule has 1 heterocycles. The van der Waals surface area contributed by atoms with Gasteiger partial charge in [-0.3, -0.25) is 0 Å². The molecule has 102 valence electrons. The van der Waals surface area contributed by atoms with E-state index in [2.05, 4.69) is 36.1 Å². The highest BCUT2D eigenvalue weighted by atomic mass is 16.3. The largest absolute Gasteiger partial charge is 0.395 e. The van der Waals surface area contributed by atoms with Crippen molar-refractivity contribution in [2.24, 2.45) is 5.92 Å². The third kappa shape index (κ3) is 5.82. The second kappa shape index (κ2) is 8.03. The van der Waals surface area contributed by atoms with Crippen molar-refractivity contribution in [3.05, 3.63) is 0 Å². The molecule has 4 heteroatoms. The molecule has 0 bridgehead atoms. The maximum atomic E-state index is 9.31. The third-order valence-corrected chi connectivity index (χ3v) is 3.49. The lowest BCUT2D eigenvalue weighted by molar-refractivity contribution is 0.186.